The molecular formula is C23H42. The lowest BCUT2D eigenvalue weighted by atomic mass is 9.95. The monoisotopic (exact) mass is 318 g/mol. The highest BCUT2D eigenvalue weighted by Gasteiger charge is 2.02. The second kappa shape index (κ2) is 13.6. The van der Waals surface area contributed by atoms with Crippen LogP contribution in [0.25, 0.3) is 0 Å². The molecule has 0 rings (SSSR count). The lowest BCUT2D eigenvalue weighted by Crippen LogP contribution is -1.97. The fourth-order valence-corrected chi connectivity index (χ4v) is 2.72. The molecule has 0 radical (unpaired) electrons. The predicted octanol–water partition coefficient (Wildman–Crippen LogP) is 8.26. The zero-order valence-electron chi connectivity index (χ0n) is 17.0. The van der Waals surface area contributed by atoms with Crippen LogP contribution in [0.2, 0.25) is 0 Å². The molecule has 0 aliphatic carbocycles. The Morgan fingerprint density at radius 1 is 0.652 bits per heavy atom. The molecule has 0 bridgehead atoms. The molecule has 0 aliphatic rings. The number of hydrogen-bond donors (Lipinski definition) is 0. The van der Waals surface area contributed by atoms with E-state index >= 15 is 0 Å². The first-order valence-corrected chi connectivity index (χ1v) is 9.75. The third-order valence-corrected chi connectivity index (χ3v) is 4.51. The molecule has 0 aliphatic heterocycles. The first-order valence-electron chi connectivity index (χ1n) is 9.75. The van der Waals surface area contributed by atoms with Crippen molar-refractivity contribution in [1.29, 1.82) is 0 Å². The molecule has 0 aromatic heterocycles. The molecular weight excluding hydrogens is 276 g/mol. The molecule has 1 atom stereocenters. The van der Waals surface area contributed by atoms with E-state index < -0.39 is 0 Å². The van der Waals surface area contributed by atoms with E-state index in [1.54, 1.807) is 5.57 Å². The molecule has 0 heteroatoms. The summed E-state index contributed by atoms with van der Waals surface area (Å²) in [6.45, 7) is 16.0. The number of allylic oxidation sites excluding steroid dienone is 6. The third kappa shape index (κ3) is 15.9. The summed E-state index contributed by atoms with van der Waals surface area (Å²) in [5.74, 6) is 1.72. The molecule has 0 aromatic rings. The largest absolute Gasteiger partial charge is 0.0856 e. The van der Waals surface area contributed by atoms with Crippen LogP contribution in [0.15, 0.2) is 34.9 Å². The summed E-state index contributed by atoms with van der Waals surface area (Å²) < 4.78 is 0. The summed E-state index contributed by atoms with van der Waals surface area (Å²) in [6, 6.07) is 0. The van der Waals surface area contributed by atoms with Crippen LogP contribution in [-0.2, 0) is 0 Å². The Bertz CT molecular complexity index is 375. The van der Waals surface area contributed by atoms with Gasteiger partial charge in [0.2, 0.25) is 0 Å². The van der Waals surface area contributed by atoms with Gasteiger partial charge in [-0.15, -0.1) is 0 Å². The average molecular weight is 319 g/mol. The van der Waals surface area contributed by atoms with Crippen LogP contribution in [0, 0.1) is 11.8 Å². The van der Waals surface area contributed by atoms with Gasteiger partial charge in [-0.05, 0) is 78.1 Å². The summed E-state index contributed by atoms with van der Waals surface area (Å²) in [5, 5.41) is 0. The Hall–Kier alpha value is -0.780. The second-order valence-corrected chi connectivity index (χ2v) is 8.11. The highest BCUT2D eigenvalue weighted by molar-refractivity contribution is 5.05. The van der Waals surface area contributed by atoms with Gasteiger partial charge < -0.3 is 0 Å². The molecule has 0 heterocycles. The molecule has 134 valence electrons. The molecule has 0 fully saturated rings. The molecule has 0 spiro atoms. The van der Waals surface area contributed by atoms with Crippen LogP contribution in [0.4, 0.5) is 0 Å². The van der Waals surface area contributed by atoms with Crippen molar-refractivity contribution in [2.45, 2.75) is 99.8 Å². The third-order valence-electron chi connectivity index (χ3n) is 4.51. The molecule has 23 heavy (non-hydrogen) atoms. The van der Waals surface area contributed by atoms with E-state index in [1.807, 2.05) is 0 Å². The van der Waals surface area contributed by atoms with Crippen molar-refractivity contribution in [3.63, 3.8) is 0 Å². The van der Waals surface area contributed by atoms with Gasteiger partial charge in [0.15, 0.2) is 0 Å². The Morgan fingerprint density at radius 2 is 1.17 bits per heavy atom. The highest BCUT2D eigenvalue weighted by Crippen LogP contribution is 2.18. The maximum Gasteiger partial charge on any atom is -0.0288 e. The zero-order valence-corrected chi connectivity index (χ0v) is 17.0. The molecule has 0 N–H and O–H groups in total. The molecule has 0 saturated heterocycles. The minimum absolute atomic E-state index is 0.849. The van der Waals surface area contributed by atoms with Gasteiger partial charge in [-0.2, -0.15) is 0 Å². The van der Waals surface area contributed by atoms with Gasteiger partial charge in [-0.3, -0.25) is 0 Å². The Morgan fingerprint density at radius 3 is 1.70 bits per heavy atom. The Kier molecular flexibility index (Phi) is 13.2. The summed E-state index contributed by atoms with van der Waals surface area (Å²) in [6.07, 6.45) is 17.4. The van der Waals surface area contributed by atoms with Crippen molar-refractivity contribution in [3.05, 3.63) is 34.9 Å². The van der Waals surface area contributed by atoms with Crippen molar-refractivity contribution in [2.24, 2.45) is 11.8 Å². The highest BCUT2D eigenvalue weighted by atomic mass is 14.1. The van der Waals surface area contributed by atoms with E-state index in [2.05, 4.69) is 66.7 Å². The van der Waals surface area contributed by atoms with E-state index in [9.17, 15) is 0 Å². The molecule has 0 saturated carbocycles. The van der Waals surface area contributed by atoms with Gasteiger partial charge in [0.05, 0.1) is 0 Å². The Labute approximate surface area is 147 Å². The zero-order chi connectivity index (χ0) is 17.7. The first-order chi connectivity index (χ1) is 10.8. The molecule has 1 unspecified atom stereocenters. The number of rotatable bonds is 12. The van der Waals surface area contributed by atoms with Gasteiger partial charge in [0.1, 0.15) is 0 Å². The summed E-state index contributed by atoms with van der Waals surface area (Å²) in [4.78, 5) is 0. The van der Waals surface area contributed by atoms with E-state index in [0.29, 0.717) is 0 Å². The van der Waals surface area contributed by atoms with Gasteiger partial charge in [-0.1, -0.05) is 68.6 Å². The normalized spacial score (nSPS) is 14.3. The standard InChI is InChI=1S/C23H42/c1-19(2)11-8-12-21(5)13-9-14-22(6)15-10-16-23(7)18-17-20(3)4/h11,13,15,20,23H,8-10,12,14,16-18H2,1-7H3/b21-13+,22-15-. The van der Waals surface area contributed by atoms with Crippen molar-refractivity contribution < 1.29 is 0 Å². The minimum Gasteiger partial charge on any atom is -0.0856 e. The predicted molar refractivity (Wildman–Crippen MR) is 108 cm³/mol. The van der Waals surface area contributed by atoms with E-state index in [-0.39, 0.29) is 0 Å². The fraction of sp³-hybridized carbons (Fsp3) is 0.739. The van der Waals surface area contributed by atoms with Crippen LogP contribution in [0.3, 0.4) is 0 Å². The number of hydrogen-bond acceptors (Lipinski definition) is 0. The minimum atomic E-state index is 0.849. The van der Waals surface area contributed by atoms with E-state index in [1.165, 1.54) is 62.5 Å². The maximum atomic E-state index is 2.47. The SMILES string of the molecule is CC(C)=CCC/C(C)=C/CC/C(C)=C\CCC(C)CCC(C)C. The molecule has 0 aromatic carbocycles. The molecule has 0 amide bonds. The lowest BCUT2D eigenvalue weighted by Gasteiger charge is -2.11. The van der Waals surface area contributed by atoms with Crippen molar-refractivity contribution in [1.82, 2.24) is 0 Å². The fourth-order valence-electron chi connectivity index (χ4n) is 2.72. The van der Waals surface area contributed by atoms with E-state index in [4.69, 9.17) is 0 Å². The topological polar surface area (TPSA) is 0 Å². The summed E-state index contributed by atoms with van der Waals surface area (Å²) >= 11 is 0. The quantitative estimate of drug-likeness (QED) is 0.318. The summed E-state index contributed by atoms with van der Waals surface area (Å²) in [5.41, 5.74) is 4.53. The van der Waals surface area contributed by atoms with Gasteiger partial charge in [0, 0.05) is 0 Å². The first kappa shape index (κ1) is 22.2. The van der Waals surface area contributed by atoms with Crippen molar-refractivity contribution >= 4 is 0 Å². The van der Waals surface area contributed by atoms with E-state index in [0.717, 1.165) is 11.8 Å². The average Bonchev–Trinajstić information content (AvgIpc) is 2.44. The lowest BCUT2D eigenvalue weighted by molar-refractivity contribution is 0.430. The van der Waals surface area contributed by atoms with Crippen LogP contribution >= 0.6 is 0 Å². The van der Waals surface area contributed by atoms with Crippen molar-refractivity contribution in [3.8, 4) is 0 Å². The maximum absolute atomic E-state index is 2.47. The van der Waals surface area contributed by atoms with Gasteiger partial charge >= 0.3 is 0 Å². The van der Waals surface area contributed by atoms with Crippen molar-refractivity contribution in [2.75, 3.05) is 0 Å². The Balaban J connectivity index is 3.87. The van der Waals surface area contributed by atoms with Crippen LogP contribution in [0.5, 0.6) is 0 Å². The second-order valence-electron chi connectivity index (χ2n) is 8.11. The van der Waals surface area contributed by atoms with Crippen LogP contribution in [0.1, 0.15) is 99.8 Å². The van der Waals surface area contributed by atoms with Gasteiger partial charge in [-0.25, -0.2) is 0 Å². The molecule has 0 nitrogen and oxygen atoms in total. The summed E-state index contributed by atoms with van der Waals surface area (Å²) in [7, 11) is 0. The van der Waals surface area contributed by atoms with Crippen LogP contribution in [-0.4, -0.2) is 0 Å². The van der Waals surface area contributed by atoms with Crippen LogP contribution < -0.4 is 0 Å². The van der Waals surface area contributed by atoms with Gasteiger partial charge in [0.25, 0.3) is 0 Å². The smallest absolute Gasteiger partial charge is 0.0288 e.